The molecule has 0 aliphatic carbocycles. The summed E-state index contributed by atoms with van der Waals surface area (Å²) in [6.45, 7) is 0. The van der Waals surface area contributed by atoms with Crippen molar-refractivity contribution >= 4 is 17.5 Å². The lowest BCUT2D eigenvalue weighted by molar-refractivity contribution is 0.0601. The van der Waals surface area contributed by atoms with Gasteiger partial charge in [-0.3, -0.25) is 0 Å². The molecule has 1 aromatic heterocycles. The molecule has 0 bridgehead atoms. The predicted molar refractivity (Wildman–Crippen MR) is 63.1 cm³/mol. The van der Waals surface area contributed by atoms with Gasteiger partial charge in [0.05, 0.1) is 7.11 Å². The molecule has 0 aliphatic rings. The van der Waals surface area contributed by atoms with E-state index in [0.717, 1.165) is 5.69 Å². The Labute approximate surface area is 98.5 Å². The summed E-state index contributed by atoms with van der Waals surface area (Å²) >= 11 is 0. The van der Waals surface area contributed by atoms with E-state index in [1.165, 1.54) is 19.6 Å². The van der Waals surface area contributed by atoms with Crippen LogP contribution in [0.25, 0.3) is 0 Å². The van der Waals surface area contributed by atoms with Crippen molar-refractivity contribution in [2.75, 3.05) is 12.4 Å². The summed E-state index contributed by atoms with van der Waals surface area (Å²) in [6.07, 6.45) is 2.79. The highest BCUT2D eigenvalue weighted by atomic mass is 16.5. The monoisotopic (exact) mass is 229 g/mol. The number of hydrogen-bond donors (Lipinski definition) is 1. The number of carbonyl (C=O) groups is 1. The summed E-state index contributed by atoms with van der Waals surface area (Å²) in [4.78, 5) is 19.3. The number of nitrogens with one attached hydrogen (secondary N) is 1. The van der Waals surface area contributed by atoms with E-state index in [1.807, 2.05) is 30.3 Å². The lowest BCUT2D eigenvalue weighted by Crippen LogP contribution is -2.07. The molecular formula is C12H11N3O2. The van der Waals surface area contributed by atoms with Gasteiger partial charge in [0.2, 0.25) is 0 Å². The van der Waals surface area contributed by atoms with E-state index in [2.05, 4.69) is 20.0 Å². The number of rotatable bonds is 3. The number of benzene rings is 1. The topological polar surface area (TPSA) is 64.1 Å². The highest BCUT2D eigenvalue weighted by Crippen LogP contribution is 2.17. The second-order valence-corrected chi connectivity index (χ2v) is 3.27. The zero-order valence-electron chi connectivity index (χ0n) is 9.25. The van der Waals surface area contributed by atoms with Crippen LogP contribution < -0.4 is 5.32 Å². The molecule has 86 valence electrons. The molecule has 1 aromatic carbocycles. The third kappa shape index (κ3) is 2.57. The van der Waals surface area contributed by atoms with Crippen LogP contribution in [0.1, 0.15) is 10.4 Å². The molecular weight excluding hydrogens is 218 g/mol. The number of methoxy groups -OCH3 is 1. The zero-order valence-corrected chi connectivity index (χ0v) is 9.25. The summed E-state index contributed by atoms with van der Waals surface area (Å²) in [5.41, 5.74) is 1.15. The van der Waals surface area contributed by atoms with Crippen LogP contribution in [-0.2, 0) is 4.74 Å². The van der Waals surface area contributed by atoms with Crippen molar-refractivity contribution in [1.29, 1.82) is 0 Å². The summed E-state index contributed by atoms with van der Waals surface area (Å²) in [6, 6.07) is 9.45. The first-order valence-electron chi connectivity index (χ1n) is 5.01. The Morgan fingerprint density at radius 3 is 2.76 bits per heavy atom. The molecule has 0 saturated carbocycles. The molecule has 0 unspecified atom stereocenters. The van der Waals surface area contributed by atoms with Gasteiger partial charge in [0.15, 0.2) is 0 Å². The van der Waals surface area contributed by atoms with Crippen molar-refractivity contribution in [2.45, 2.75) is 0 Å². The molecule has 5 nitrogen and oxygen atoms in total. The highest BCUT2D eigenvalue weighted by molar-refractivity contribution is 5.94. The minimum atomic E-state index is -0.468. The van der Waals surface area contributed by atoms with Crippen LogP contribution in [0.15, 0.2) is 42.9 Å². The fraction of sp³-hybridized carbons (Fsp3) is 0.0833. The van der Waals surface area contributed by atoms with Crippen LogP contribution in [0.3, 0.4) is 0 Å². The van der Waals surface area contributed by atoms with Gasteiger partial charge in [0.1, 0.15) is 17.7 Å². The van der Waals surface area contributed by atoms with Crippen LogP contribution in [0, 0.1) is 0 Å². The number of anilines is 2. The number of para-hydroxylation sites is 1. The van der Waals surface area contributed by atoms with Gasteiger partial charge in [-0.2, -0.15) is 0 Å². The summed E-state index contributed by atoms with van der Waals surface area (Å²) < 4.78 is 4.66. The molecule has 1 heterocycles. The smallest absolute Gasteiger partial charge is 0.343 e. The maximum atomic E-state index is 11.5. The molecule has 0 fully saturated rings. The molecule has 0 aliphatic heterocycles. The van der Waals surface area contributed by atoms with Crippen LogP contribution in [-0.4, -0.2) is 23.0 Å². The fourth-order valence-corrected chi connectivity index (χ4v) is 1.35. The minimum Gasteiger partial charge on any atom is -0.465 e. The Kier molecular flexibility index (Phi) is 3.30. The van der Waals surface area contributed by atoms with Crippen molar-refractivity contribution in [3.05, 3.63) is 48.4 Å². The number of nitrogens with zero attached hydrogens (tertiary/aromatic N) is 2. The number of carbonyl (C=O) groups excluding carboxylic acids is 1. The molecule has 0 radical (unpaired) electrons. The second kappa shape index (κ2) is 5.07. The number of ether oxygens (including phenoxy) is 1. The molecule has 1 N–H and O–H groups in total. The van der Waals surface area contributed by atoms with Crippen molar-refractivity contribution in [1.82, 2.24) is 9.97 Å². The molecule has 0 saturated heterocycles. The quantitative estimate of drug-likeness (QED) is 0.815. The third-order valence-corrected chi connectivity index (χ3v) is 2.15. The fourth-order valence-electron chi connectivity index (χ4n) is 1.35. The van der Waals surface area contributed by atoms with Gasteiger partial charge in [-0.05, 0) is 12.1 Å². The number of hydrogen-bond acceptors (Lipinski definition) is 5. The van der Waals surface area contributed by atoms with Gasteiger partial charge in [0, 0.05) is 11.9 Å². The minimum absolute atomic E-state index is 0.304. The van der Waals surface area contributed by atoms with Crippen molar-refractivity contribution in [2.24, 2.45) is 0 Å². The average Bonchev–Trinajstić information content (AvgIpc) is 2.40. The van der Waals surface area contributed by atoms with Crippen LogP contribution in [0.4, 0.5) is 11.5 Å². The maximum absolute atomic E-state index is 11.5. The van der Waals surface area contributed by atoms with Gasteiger partial charge >= 0.3 is 5.97 Å². The zero-order chi connectivity index (χ0) is 12.1. The maximum Gasteiger partial charge on any atom is 0.343 e. The van der Waals surface area contributed by atoms with E-state index >= 15 is 0 Å². The van der Waals surface area contributed by atoms with Gasteiger partial charge in [-0.1, -0.05) is 18.2 Å². The van der Waals surface area contributed by atoms with Crippen molar-refractivity contribution < 1.29 is 9.53 Å². The van der Waals surface area contributed by atoms with E-state index in [-0.39, 0.29) is 0 Å². The molecule has 2 aromatic rings. The Morgan fingerprint density at radius 2 is 2.06 bits per heavy atom. The lowest BCUT2D eigenvalue weighted by atomic mass is 10.3. The molecule has 17 heavy (non-hydrogen) atoms. The number of esters is 1. The van der Waals surface area contributed by atoms with Crippen LogP contribution >= 0.6 is 0 Å². The first-order valence-corrected chi connectivity index (χ1v) is 5.01. The number of aromatic nitrogens is 2. The largest absolute Gasteiger partial charge is 0.465 e. The Hall–Kier alpha value is -2.43. The first kappa shape index (κ1) is 11.1. The van der Waals surface area contributed by atoms with Crippen LogP contribution in [0.5, 0.6) is 0 Å². The molecule has 0 atom stereocenters. The van der Waals surface area contributed by atoms with Gasteiger partial charge < -0.3 is 10.1 Å². The first-order chi connectivity index (χ1) is 8.31. The predicted octanol–water partition coefficient (Wildman–Crippen LogP) is 2.01. The second-order valence-electron chi connectivity index (χ2n) is 3.27. The van der Waals surface area contributed by atoms with E-state index in [4.69, 9.17) is 0 Å². The highest BCUT2D eigenvalue weighted by Gasteiger charge is 2.12. The molecule has 0 spiro atoms. The van der Waals surface area contributed by atoms with Gasteiger partial charge in [0.25, 0.3) is 0 Å². The Bertz CT molecular complexity index is 514. The van der Waals surface area contributed by atoms with Gasteiger partial charge in [-0.15, -0.1) is 0 Å². The summed E-state index contributed by atoms with van der Waals surface area (Å²) in [7, 11) is 1.32. The van der Waals surface area contributed by atoms with Crippen molar-refractivity contribution in [3.8, 4) is 0 Å². The van der Waals surface area contributed by atoms with E-state index < -0.39 is 5.97 Å². The van der Waals surface area contributed by atoms with E-state index in [0.29, 0.717) is 11.4 Å². The van der Waals surface area contributed by atoms with Crippen molar-refractivity contribution in [3.63, 3.8) is 0 Å². The standard InChI is InChI=1S/C12H11N3O2/c1-17-12(16)10-7-13-8-14-11(10)15-9-5-3-2-4-6-9/h2-8H,1H3,(H,13,14,15). The van der Waals surface area contributed by atoms with E-state index in [1.54, 1.807) is 0 Å². The van der Waals surface area contributed by atoms with Crippen LogP contribution in [0.2, 0.25) is 0 Å². The Morgan fingerprint density at radius 1 is 1.29 bits per heavy atom. The van der Waals surface area contributed by atoms with E-state index in [9.17, 15) is 4.79 Å². The molecule has 0 amide bonds. The normalized spacial score (nSPS) is 9.71. The summed E-state index contributed by atoms with van der Waals surface area (Å²) in [5, 5.41) is 3.04. The third-order valence-electron chi connectivity index (χ3n) is 2.15. The SMILES string of the molecule is COC(=O)c1cncnc1Nc1ccccc1. The van der Waals surface area contributed by atoms with Gasteiger partial charge in [-0.25, -0.2) is 14.8 Å². The molecule has 5 heteroatoms. The Balaban J connectivity index is 2.30. The molecule has 2 rings (SSSR count). The summed E-state index contributed by atoms with van der Waals surface area (Å²) in [5.74, 6) is -0.0397. The lowest BCUT2D eigenvalue weighted by Gasteiger charge is -2.08. The average molecular weight is 229 g/mol.